The minimum Gasteiger partial charge on any atom is -0.385 e. The summed E-state index contributed by atoms with van der Waals surface area (Å²) in [6.45, 7) is 1.46. The maximum Gasteiger partial charge on any atom is 0.227 e. The lowest BCUT2D eigenvalue weighted by Crippen LogP contribution is -2.31. The third kappa shape index (κ3) is 2.97. The topological polar surface area (TPSA) is 55.6 Å². The van der Waals surface area contributed by atoms with Gasteiger partial charge in [-0.3, -0.25) is 4.79 Å². The normalized spacial score (nSPS) is 25.8. The first-order valence-corrected chi connectivity index (χ1v) is 4.66. The van der Waals surface area contributed by atoms with Gasteiger partial charge in [0.2, 0.25) is 5.91 Å². The fourth-order valence-electron chi connectivity index (χ4n) is 1.34. The number of carbonyl (C=O) groups excluding carboxylic acids is 1. The average molecular weight is 186 g/mol. The molecule has 0 aromatic rings. The fourth-order valence-corrected chi connectivity index (χ4v) is 1.34. The van der Waals surface area contributed by atoms with Gasteiger partial charge in [-0.25, -0.2) is 0 Å². The fraction of sp³-hybridized carbons (Fsp3) is 0.889. The van der Waals surface area contributed by atoms with Crippen molar-refractivity contribution in [2.45, 2.75) is 18.9 Å². The second kappa shape index (κ2) is 4.58. The number of rotatable bonds is 5. The summed E-state index contributed by atoms with van der Waals surface area (Å²) in [5.41, 5.74) is 5.59. The van der Waals surface area contributed by atoms with Crippen LogP contribution < -0.4 is 5.73 Å². The van der Waals surface area contributed by atoms with Gasteiger partial charge in [-0.2, -0.15) is 0 Å². The maximum absolute atomic E-state index is 11.5. The maximum atomic E-state index is 11.5. The second-order valence-corrected chi connectivity index (χ2v) is 3.61. The van der Waals surface area contributed by atoms with Crippen molar-refractivity contribution in [1.82, 2.24) is 4.90 Å². The molecule has 1 rings (SSSR count). The molecular weight excluding hydrogens is 168 g/mol. The first-order chi connectivity index (χ1) is 6.16. The van der Waals surface area contributed by atoms with Crippen LogP contribution in [0.15, 0.2) is 0 Å². The lowest BCUT2D eigenvalue weighted by molar-refractivity contribution is -0.131. The number of methoxy groups -OCH3 is 1. The number of hydrogen-bond donors (Lipinski definition) is 1. The van der Waals surface area contributed by atoms with Gasteiger partial charge in [-0.15, -0.1) is 0 Å². The summed E-state index contributed by atoms with van der Waals surface area (Å²) < 4.78 is 4.91. The second-order valence-electron chi connectivity index (χ2n) is 3.61. The van der Waals surface area contributed by atoms with Crippen LogP contribution in [0.25, 0.3) is 0 Å². The van der Waals surface area contributed by atoms with Crippen LogP contribution in [0.1, 0.15) is 12.8 Å². The van der Waals surface area contributed by atoms with Crippen LogP contribution in [-0.4, -0.2) is 44.2 Å². The summed E-state index contributed by atoms with van der Waals surface area (Å²) in [5, 5.41) is 0. The predicted molar refractivity (Wildman–Crippen MR) is 50.2 cm³/mol. The zero-order chi connectivity index (χ0) is 9.84. The zero-order valence-corrected chi connectivity index (χ0v) is 8.32. The Kier molecular flexibility index (Phi) is 3.69. The molecule has 2 unspecified atom stereocenters. The number of nitrogens with two attached hydrogens (primary N) is 1. The highest BCUT2D eigenvalue weighted by molar-refractivity contribution is 5.82. The van der Waals surface area contributed by atoms with Crippen LogP contribution in [0.5, 0.6) is 0 Å². The molecule has 76 valence electrons. The highest BCUT2D eigenvalue weighted by Gasteiger charge is 2.41. The molecule has 0 aliphatic heterocycles. The molecule has 1 aliphatic carbocycles. The monoisotopic (exact) mass is 186 g/mol. The summed E-state index contributed by atoms with van der Waals surface area (Å²) in [5.74, 6) is 0.274. The standard InChI is InChI=1S/C9H18N2O2/c1-11(4-3-5-13-2)9(12)7-6-8(7)10/h7-8H,3-6,10H2,1-2H3. The van der Waals surface area contributed by atoms with Crippen molar-refractivity contribution in [2.75, 3.05) is 27.3 Å². The first-order valence-electron chi connectivity index (χ1n) is 4.66. The molecule has 0 bridgehead atoms. The molecule has 0 spiro atoms. The van der Waals surface area contributed by atoms with Crippen LogP contribution in [0.3, 0.4) is 0 Å². The molecule has 2 atom stereocenters. The van der Waals surface area contributed by atoms with E-state index in [-0.39, 0.29) is 17.9 Å². The molecule has 0 radical (unpaired) electrons. The molecule has 0 saturated heterocycles. The van der Waals surface area contributed by atoms with Gasteiger partial charge in [0.25, 0.3) is 0 Å². The Balaban J connectivity index is 2.15. The van der Waals surface area contributed by atoms with Crippen molar-refractivity contribution in [3.8, 4) is 0 Å². The lowest BCUT2D eigenvalue weighted by Gasteiger charge is -2.16. The van der Waals surface area contributed by atoms with Gasteiger partial charge in [-0.1, -0.05) is 0 Å². The third-order valence-electron chi connectivity index (χ3n) is 2.38. The van der Waals surface area contributed by atoms with E-state index in [0.717, 1.165) is 19.4 Å². The van der Waals surface area contributed by atoms with E-state index in [9.17, 15) is 4.79 Å². The van der Waals surface area contributed by atoms with E-state index in [4.69, 9.17) is 10.5 Å². The van der Waals surface area contributed by atoms with Crippen molar-refractivity contribution < 1.29 is 9.53 Å². The molecule has 13 heavy (non-hydrogen) atoms. The van der Waals surface area contributed by atoms with Gasteiger partial charge in [0, 0.05) is 33.4 Å². The largest absolute Gasteiger partial charge is 0.385 e. The van der Waals surface area contributed by atoms with Gasteiger partial charge >= 0.3 is 0 Å². The summed E-state index contributed by atoms with van der Waals surface area (Å²) in [4.78, 5) is 13.3. The molecule has 1 saturated carbocycles. The molecule has 0 heterocycles. The van der Waals surface area contributed by atoms with Gasteiger partial charge in [0.05, 0.1) is 5.92 Å². The molecule has 0 aromatic heterocycles. The number of nitrogens with zero attached hydrogens (tertiary/aromatic N) is 1. The van der Waals surface area contributed by atoms with Crippen LogP contribution >= 0.6 is 0 Å². The number of amides is 1. The van der Waals surface area contributed by atoms with E-state index in [1.54, 1.807) is 12.0 Å². The van der Waals surface area contributed by atoms with Crippen LogP contribution in [0.2, 0.25) is 0 Å². The summed E-state index contributed by atoms with van der Waals surface area (Å²) in [6, 6.07) is 0.109. The average Bonchev–Trinajstić information content (AvgIpc) is 2.81. The van der Waals surface area contributed by atoms with Crippen LogP contribution in [0.4, 0.5) is 0 Å². The number of hydrogen-bond acceptors (Lipinski definition) is 3. The molecule has 4 nitrogen and oxygen atoms in total. The van der Waals surface area contributed by atoms with Gasteiger partial charge < -0.3 is 15.4 Å². The Hall–Kier alpha value is -0.610. The predicted octanol–water partition coefficient (Wildman–Crippen LogP) is -0.171. The van der Waals surface area contributed by atoms with Crippen molar-refractivity contribution >= 4 is 5.91 Å². The molecule has 1 amide bonds. The number of carbonyl (C=O) groups is 1. The van der Waals surface area contributed by atoms with Crippen LogP contribution in [0, 0.1) is 5.92 Å². The molecule has 1 aliphatic rings. The summed E-state index contributed by atoms with van der Waals surface area (Å²) in [6.07, 6.45) is 1.74. The molecule has 0 aromatic carbocycles. The van der Waals surface area contributed by atoms with Crippen molar-refractivity contribution in [2.24, 2.45) is 11.7 Å². The Morgan fingerprint density at radius 2 is 2.31 bits per heavy atom. The Morgan fingerprint density at radius 3 is 2.77 bits per heavy atom. The minimum absolute atomic E-state index is 0.0903. The van der Waals surface area contributed by atoms with Crippen molar-refractivity contribution in [3.63, 3.8) is 0 Å². The molecule has 1 fully saturated rings. The third-order valence-corrected chi connectivity index (χ3v) is 2.38. The highest BCUT2D eigenvalue weighted by atomic mass is 16.5. The first kappa shape index (κ1) is 10.5. The lowest BCUT2D eigenvalue weighted by atomic mass is 10.3. The van der Waals surface area contributed by atoms with E-state index in [1.165, 1.54) is 0 Å². The summed E-state index contributed by atoms with van der Waals surface area (Å²) in [7, 11) is 3.49. The number of ether oxygens (including phenoxy) is 1. The van der Waals surface area contributed by atoms with Gasteiger partial charge in [-0.05, 0) is 12.8 Å². The van der Waals surface area contributed by atoms with E-state index in [0.29, 0.717) is 6.61 Å². The van der Waals surface area contributed by atoms with Gasteiger partial charge in [0.15, 0.2) is 0 Å². The van der Waals surface area contributed by atoms with Crippen molar-refractivity contribution in [1.29, 1.82) is 0 Å². The summed E-state index contributed by atoms with van der Waals surface area (Å²) >= 11 is 0. The Morgan fingerprint density at radius 1 is 1.69 bits per heavy atom. The zero-order valence-electron chi connectivity index (χ0n) is 8.32. The smallest absolute Gasteiger partial charge is 0.227 e. The Labute approximate surface area is 79.0 Å². The molecule has 4 heteroatoms. The van der Waals surface area contributed by atoms with E-state index in [1.807, 2.05) is 7.05 Å². The van der Waals surface area contributed by atoms with Gasteiger partial charge in [0.1, 0.15) is 0 Å². The van der Waals surface area contributed by atoms with E-state index < -0.39 is 0 Å². The van der Waals surface area contributed by atoms with Crippen LogP contribution in [-0.2, 0) is 9.53 Å². The van der Waals surface area contributed by atoms with Crippen molar-refractivity contribution in [3.05, 3.63) is 0 Å². The Bertz CT molecular complexity index is 184. The minimum atomic E-state index is 0.0903. The van der Waals surface area contributed by atoms with E-state index >= 15 is 0 Å². The highest BCUT2D eigenvalue weighted by Crippen LogP contribution is 2.29. The van der Waals surface area contributed by atoms with E-state index in [2.05, 4.69) is 0 Å². The SMILES string of the molecule is COCCCN(C)C(=O)C1CC1N. The molecular formula is C9H18N2O2. The quantitative estimate of drug-likeness (QED) is 0.606. The molecule has 2 N–H and O–H groups in total.